The summed E-state index contributed by atoms with van der Waals surface area (Å²) in [4.78, 5) is 15.9. The van der Waals surface area contributed by atoms with Gasteiger partial charge in [-0.15, -0.1) is 11.3 Å². The minimum Gasteiger partial charge on any atom is -0.493 e. The van der Waals surface area contributed by atoms with E-state index < -0.39 is 0 Å². The van der Waals surface area contributed by atoms with Crippen molar-refractivity contribution in [3.05, 3.63) is 53.2 Å². The first kappa shape index (κ1) is 15.3. The van der Waals surface area contributed by atoms with Crippen molar-refractivity contribution in [2.75, 3.05) is 7.11 Å². The lowest BCUT2D eigenvalue weighted by Gasteiger charge is -2.10. The number of carbonyl (C=O) groups is 1. The van der Waals surface area contributed by atoms with E-state index in [-0.39, 0.29) is 5.78 Å². The molecular weight excluding hydrogens is 314 g/mol. The molecule has 1 aromatic carbocycles. The zero-order valence-corrected chi connectivity index (χ0v) is 13.6. The average Bonchev–Trinajstić information content (AvgIpc) is 3.23. The molecule has 0 amide bonds. The van der Waals surface area contributed by atoms with Crippen LogP contribution in [0, 0.1) is 0 Å². The molecule has 2 heterocycles. The molecule has 0 fully saturated rings. The highest BCUT2D eigenvalue weighted by Gasteiger charge is 2.11. The average molecular weight is 329 g/mol. The molecule has 3 rings (SSSR count). The number of hydrogen-bond acceptors (Lipinski definition) is 6. The fourth-order valence-electron chi connectivity index (χ4n) is 2.04. The normalized spacial score (nSPS) is 10.5. The molecule has 0 bridgehead atoms. The smallest absolute Gasteiger partial charge is 0.162 e. The van der Waals surface area contributed by atoms with Gasteiger partial charge in [0.15, 0.2) is 28.1 Å². The molecule has 0 saturated carbocycles. The lowest BCUT2D eigenvalue weighted by atomic mass is 10.1. The van der Waals surface area contributed by atoms with E-state index in [1.54, 1.807) is 31.6 Å². The molecule has 23 heavy (non-hydrogen) atoms. The number of ether oxygens (including phenoxy) is 2. The fraction of sp³-hybridized carbons (Fsp3) is 0.176. The Kier molecular flexibility index (Phi) is 4.43. The summed E-state index contributed by atoms with van der Waals surface area (Å²) in [6.07, 6.45) is 1.62. The van der Waals surface area contributed by atoms with Crippen LogP contribution in [0.2, 0.25) is 0 Å². The SMILES string of the molecule is COc1cc(C(C)=O)ccc1OCc1csc(-c2ccco2)n1. The molecule has 0 unspecified atom stereocenters. The Balaban J connectivity index is 1.72. The Hall–Kier alpha value is -2.60. The highest BCUT2D eigenvalue weighted by atomic mass is 32.1. The molecule has 2 aromatic heterocycles. The van der Waals surface area contributed by atoms with Crippen molar-refractivity contribution in [1.29, 1.82) is 0 Å². The quantitative estimate of drug-likeness (QED) is 0.634. The number of hydrogen-bond donors (Lipinski definition) is 0. The van der Waals surface area contributed by atoms with Crippen molar-refractivity contribution in [2.45, 2.75) is 13.5 Å². The standard InChI is InChI=1S/C17H15NO4S/c1-11(19)12-5-6-14(16(8-12)20-2)22-9-13-10-23-17(18-13)15-4-3-7-21-15/h3-8,10H,9H2,1-2H3. The number of ketones is 1. The van der Waals surface area contributed by atoms with Crippen molar-refractivity contribution in [3.8, 4) is 22.3 Å². The topological polar surface area (TPSA) is 61.6 Å². The molecule has 0 radical (unpaired) electrons. The second kappa shape index (κ2) is 6.66. The Morgan fingerprint density at radius 3 is 2.87 bits per heavy atom. The van der Waals surface area contributed by atoms with Gasteiger partial charge >= 0.3 is 0 Å². The molecule has 6 heteroatoms. The van der Waals surface area contributed by atoms with Gasteiger partial charge in [-0.3, -0.25) is 4.79 Å². The van der Waals surface area contributed by atoms with Gasteiger partial charge in [0.1, 0.15) is 6.61 Å². The van der Waals surface area contributed by atoms with Crippen LogP contribution in [0.15, 0.2) is 46.4 Å². The summed E-state index contributed by atoms with van der Waals surface area (Å²) in [7, 11) is 1.55. The van der Waals surface area contributed by atoms with Crippen molar-refractivity contribution in [2.24, 2.45) is 0 Å². The largest absolute Gasteiger partial charge is 0.493 e. The lowest BCUT2D eigenvalue weighted by molar-refractivity contribution is 0.101. The number of methoxy groups -OCH3 is 1. The summed E-state index contributed by atoms with van der Waals surface area (Å²) < 4.78 is 16.4. The van der Waals surface area contributed by atoms with E-state index in [1.807, 2.05) is 17.5 Å². The maximum Gasteiger partial charge on any atom is 0.162 e. The number of benzene rings is 1. The third kappa shape index (κ3) is 3.43. The van der Waals surface area contributed by atoms with Crippen molar-refractivity contribution < 1.29 is 18.7 Å². The minimum atomic E-state index is -0.0163. The van der Waals surface area contributed by atoms with Gasteiger partial charge in [0, 0.05) is 10.9 Å². The monoisotopic (exact) mass is 329 g/mol. The Bertz CT molecular complexity index is 808. The molecule has 0 aliphatic carbocycles. The van der Waals surface area contributed by atoms with Crippen molar-refractivity contribution >= 4 is 17.1 Å². The van der Waals surface area contributed by atoms with E-state index in [4.69, 9.17) is 13.9 Å². The van der Waals surface area contributed by atoms with Crippen LogP contribution in [0.4, 0.5) is 0 Å². The van der Waals surface area contributed by atoms with Gasteiger partial charge in [0.2, 0.25) is 0 Å². The Labute approximate surface area is 137 Å². The molecule has 0 aliphatic rings. The van der Waals surface area contributed by atoms with Crippen LogP contribution in [0.3, 0.4) is 0 Å². The highest BCUT2D eigenvalue weighted by Crippen LogP contribution is 2.30. The maximum absolute atomic E-state index is 11.4. The third-order valence-corrected chi connectivity index (χ3v) is 4.14. The first-order chi connectivity index (χ1) is 11.2. The number of nitrogens with zero attached hydrogens (tertiary/aromatic N) is 1. The maximum atomic E-state index is 11.4. The second-order valence-corrected chi connectivity index (χ2v) is 5.69. The van der Waals surface area contributed by atoms with Crippen LogP contribution < -0.4 is 9.47 Å². The van der Waals surface area contributed by atoms with Crippen molar-refractivity contribution in [1.82, 2.24) is 4.98 Å². The summed E-state index contributed by atoms with van der Waals surface area (Å²) in [5.41, 5.74) is 1.39. The van der Waals surface area contributed by atoms with Gasteiger partial charge in [0.05, 0.1) is 19.1 Å². The number of Topliss-reactive ketones (excluding diaryl/α,β-unsaturated/α-hetero) is 1. The van der Waals surface area contributed by atoms with Crippen LogP contribution >= 0.6 is 11.3 Å². The molecule has 0 aliphatic heterocycles. The predicted octanol–water partition coefficient (Wildman–Crippen LogP) is 4.19. The zero-order chi connectivity index (χ0) is 16.2. The summed E-state index contributed by atoms with van der Waals surface area (Å²) in [6, 6.07) is 8.82. The minimum absolute atomic E-state index is 0.0163. The van der Waals surface area contributed by atoms with E-state index in [9.17, 15) is 4.79 Å². The first-order valence-corrected chi connectivity index (χ1v) is 7.85. The number of carbonyl (C=O) groups excluding carboxylic acids is 1. The molecule has 118 valence electrons. The third-order valence-electron chi connectivity index (χ3n) is 3.23. The van der Waals surface area contributed by atoms with E-state index in [1.165, 1.54) is 18.3 Å². The molecule has 3 aromatic rings. The Morgan fingerprint density at radius 1 is 1.30 bits per heavy atom. The van der Waals surface area contributed by atoms with E-state index in [0.29, 0.717) is 23.7 Å². The fourth-order valence-corrected chi connectivity index (χ4v) is 2.81. The van der Waals surface area contributed by atoms with Gasteiger partial charge < -0.3 is 13.9 Å². The van der Waals surface area contributed by atoms with Crippen LogP contribution in [-0.2, 0) is 6.61 Å². The van der Waals surface area contributed by atoms with E-state index in [2.05, 4.69) is 4.98 Å². The number of furan rings is 1. The summed E-state index contributed by atoms with van der Waals surface area (Å²) in [6.45, 7) is 1.83. The van der Waals surface area contributed by atoms with Gasteiger partial charge in [-0.25, -0.2) is 4.98 Å². The zero-order valence-electron chi connectivity index (χ0n) is 12.7. The molecule has 5 nitrogen and oxygen atoms in total. The summed E-state index contributed by atoms with van der Waals surface area (Å²) in [5, 5.41) is 2.74. The van der Waals surface area contributed by atoms with Gasteiger partial charge in [0.25, 0.3) is 0 Å². The molecule has 0 saturated heterocycles. The van der Waals surface area contributed by atoms with Crippen molar-refractivity contribution in [3.63, 3.8) is 0 Å². The first-order valence-electron chi connectivity index (χ1n) is 6.97. The summed E-state index contributed by atoms with van der Waals surface area (Å²) in [5.74, 6) is 1.83. The number of thiazole rings is 1. The Morgan fingerprint density at radius 2 is 2.17 bits per heavy atom. The molecule has 0 spiro atoms. The lowest BCUT2D eigenvalue weighted by Crippen LogP contribution is -2.00. The molecule has 0 N–H and O–H groups in total. The molecular formula is C17H15NO4S. The number of aromatic nitrogens is 1. The van der Waals surface area contributed by atoms with E-state index >= 15 is 0 Å². The van der Waals surface area contributed by atoms with Crippen LogP contribution in [0.5, 0.6) is 11.5 Å². The van der Waals surface area contributed by atoms with Crippen LogP contribution in [0.25, 0.3) is 10.8 Å². The summed E-state index contributed by atoms with van der Waals surface area (Å²) >= 11 is 1.50. The van der Waals surface area contributed by atoms with Gasteiger partial charge in [-0.1, -0.05) is 0 Å². The highest BCUT2D eigenvalue weighted by molar-refractivity contribution is 7.13. The van der Waals surface area contributed by atoms with Gasteiger partial charge in [-0.2, -0.15) is 0 Å². The van der Waals surface area contributed by atoms with E-state index in [0.717, 1.165) is 16.5 Å². The number of rotatable bonds is 6. The predicted molar refractivity (Wildman–Crippen MR) is 87.1 cm³/mol. The van der Waals surface area contributed by atoms with Crippen LogP contribution in [0.1, 0.15) is 23.0 Å². The second-order valence-electron chi connectivity index (χ2n) is 4.83. The van der Waals surface area contributed by atoms with Crippen LogP contribution in [-0.4, -0.2) is 17.9 Å². The van der Waals surface area contributed by atoms with Gasteiger partial charge in [-0.05, 0) is 37.3 Å². The molecule has 0 atom stereocenters.